The molecule has 0 aliphatic heterocycles. The number of rotatable bonds is 14. The van der Waals surface area contributed by atoms with Gasteiger partial charge in [0, 0.05) is 14.2 Å². The van der Waals surface area contributed by atoms with Crippen molar-refractivity contribution in [3.05, 3.63) is 0 Å². The Bertz CT molecular complexity index is 353. The zero-order chi connectivity index (χ0) is 20.6. The molecule has 0 heterocycles. The van der Waals surface area contributed by atoms with Crippen molar-refractivity contribution in [1.82, 2.24) is 4.57 Å². The van der Waals surface area contributed by atoms with Gasteiger partial charge in [0.1, 0.15) is 8.24 Å². The van der Waals surface area contributed by atoms with Crippen LogP contribution in [0.3, 0.4) is 0 Å². The van der Waals surface area contributed by atoms with Gasteiger partial charge in [0.25, 0.3) is 0 Å². The summed E-state index contributed by atoms with van der Waals surface area (Å²) < 4.78 is 14.7. The molecular weight excluding hydrogens is 370 g/mol. The molecule has 0 aliphatic rings. The topological polar surface area (TPSA) is 21.7 Å². The second kappa shape index (κ2) is 11.5. The largest absolute Gasteiger partial charge is 0.420 e. The van der Waals surface area contributed by atoms with Gasteiger partial charge < -0.3 is 13.4 Å². The van der Waals surface area contributed by atoms with Gasteiger partial charge in [0.15, 0.2) is 16.6 Å². The molecular formula is C20H49NO2Si3. The van der Waals surface area contributed by atoms with Crippen LogP contribution >= 0.6 is 0 Å². The lowest BCUT2D eigenvalue weighted by atomic mass is 10.3. The third-order valence-electron chi connectivity index (χ3n) is 7.73. The van der Waals surface area contributed by atoms with Crippen LogP contribution in [0.5, 0.6) is 0 Å². The van der Waals surface area contributed by atoms with E-state index in [1.165, 1.54) is 44.1 Å². The van der Waals surface area contributed by atoms with Gasteiger partial charge in [-0.15, -0.1) is 0 Å². The molecule has 6 heteroatoms. The van der Waals surface area contributed by atoms with Crippen molar-refractivity contribution in [3.8, 4) is 0 Å². The Balaban J connectivity index is 5.20. The zero-order valence-electron chi connectivity index (χ0n) is 19.9. The van der Waals surface area contributed by atoms with E-state index in [0.29, 0.717) is 11.1 Å². The first-order valence-electron chi connectivity index (χ1n) is 10.8. The molecule has 0 aromatic carbocycles. The molecule has 0 aliphatic carbocycles. The number of nitrogens with zero attached hydrogens (tertiary/aromatic N) is 1. The third kappa shape index (κ3) is 7.17. The fraction of sp³-hybridized carbons (Fsp3) is 1.00. The molecule has 0 rings (SSSR count). The first-order chi connectivity index (χ1) is 12.0. The number of hydrogen-bond acceptors (Lipinski definition) is 3. The maximum atomic E-state index is 5.87. The minimum absolute atomic E-state index is 0.703. The van der Waals surface area contributed by atoms with Crippen LogP contribution < -0.4 is 0 Å². The molecule has 0 saturated carbocycles. The quantitative estimate of drug-likeness (QED) is 0.298. The summed E-state index contributed by atoms with van der Waals surface area (Å²) in [5.41, 5.74) is 1.41. The van der Waals surface area contributed by atoms with Crippen LogP contribution in [0, 0.1) is 0 Å². The molecule has 0 amide bonds. The van der Waals surface area contributed by atoms with Crippen LogP contribution in [-0.2, 0) is 8.85 Å². The standard InChI is InChI=1S/C20H49NO2Si3/c1-12-26(13-2,14-3)21(17-15-19(4)24(8,9)22-6)18-16-20(5)25(10,11)23-7/h19-20H,12-18H2,1-11H3. The van der Waals surface area contributed by atoms with Crippen molar-refractivity contribution in [2.75, 3.05) is 27.3 Å². The molecule has 0 radical (unpaired) electrons. The Kier molecular flexibility index (Phi) is 11.7. The molecule has 0 spiro atoms. The smallest absolute Gasteiger partial charge is 0.189 e. The summed E-state index contributed by atoms with van der Waals surface area (Å²) in [6.45, 7) is 24.1. The van der Waals surface area contributed by atoms with Gasteiger partial charge in [-0.2, -0.15) is 0 Å². The number of hydrogen-bond donors (Lipinski definition) is 0. The molecule has 0 bridgehead atoms. The molecule has 158 valence electrons. The molecule has 0 N–H and O–H groups in total. The monoisotopic (exact) mass is 419 g/mol. The minimum Gasteiger partial charge on any atom is -0.420 e. The lowest BCUT2D eigenvalue weighted by Crippen LogP contribution is -2.54. The van der Waals surface area contributed by atoms with Crippen LogP contribution in [0.2, 0.25) is 55.4 Å². The van der Waals surface area contributed by atoms with Gasteiger partial charge in [-0.3, -0.25) is 0 Å². The van der Waals surface area contributed by atoms with Gasteiger partial charge in [-0.05, 0) is 81.3 Å². The highest BCUT2D eigenvalue weighted by molar-refractivity contribution is 6.77. The van der Waals surface area contributed by atoms with Crippen LogP contribution in [0.4, 0.5) is 0 Å². The van der Waals surface area contributed by atoms with E-state index in [-0.39, 0.29) is 0 Å². The summed E-state index contributed by atoms with van der Waals surface area (Å²) in [4.78, 5) is 0. The maximum Gasteiger partial charge on any atom is 0.189 e. The fourth-order valence-corrected chi connectivity index (χ4v) is 10.3. The SMILES string of the molecule is CC[Si](CC)(CC)N(CCC(C)[Si](C)(C)OC)CCC(C)[Si](C)(C)OC. The van der Waals surface area contributed by atoms with Crippen molar-refractivity contribution in [2.24, 2.45) is 0 Å². The molecule has 0 aromatic rings. The van der Waals surface area contributed by atoms with Crippen LogP contribution in [0.1, 0.15) is 47.5 Å². The zero-order valence-corrected chi connectivity index (χ0v) is 22.9. The summed E-state index contributed by atoms with van der Waals surface area (Å²) in [7, 11) is -0.609. The fourth-order valence-electron chi connectivity index (χ4n) is 3.80. The molecule has 3 nitrogen and oxygen atoms in total. The van der Waals surface area contributed by atoms with Crippen LogP contribution in [-0.4, -0.2) is 56.7 Å². The first-order valence-corrected chi connectivity index (χ1v) is 19.4. The van der Waals surface area contributed by atoms with E-state index in [2.05, 4.69) is 65.4 Å². The van der Waals surface area contributed by atoms with E-state index in [1.807, 2.05) is 14.2 Å². The summed E-state index contributed by atoms with van der Waals surface area (Å²) in [5, 5.41) is 0. The van der Waals surface area contributed by atoms with E-state index in [0.717, 1.165) is 0 Å². The summed E-state index contributed by atoms with van der Waals surface area (Å²) in [6.07, 6.45) is 2.56. The molecule has 0 aromatic heterocycles. The van der Waals surface area contributed by atoms with Gasteiger partial charge >= 0.3 is 0 Å². The molecule has 2 atom stereocenters. The summed E-state index contributed by atoms with van der Waals surface area (Å²) >= 11 is 0. The Labute approximate surface area is 168 Å². The Morgan fingerprint density at radius 3 is 1.23 bits per heavy atom. The molecule has 2 unspecified atom stereocenters. The van der Waals surface area contributed by atoms with Crippen molar-refractivity contribution < 1.29 is 8.85 Å². The predicted molar refractivity (Wildman–Crippen MR) is 126 cm³/mol. The van der Waals surface area contributed by atoms with Gasteiger partial charge in [0.05, 0.1) is 0 Å². The Morgan fingerprint density at radius 1 is 0.692 bits per heavy atom. The highest BCUT2D eigenvalue weighted by atomic mass is 28.4. The van der Waals surface area contributed by atoms with Crippen LogP contribution in [0.15, 0.2) is 0 Å². The van der Waals surface area contributed by atoms with Crippen LogP contribution in [0.25, 0.3) is 0 Å². The van der Waals surface area contributed by atoms with E-state index in [9.17, 15) is 0 Å². The van der Waals surface area contributed by atoms with Gasteiger partial charge in [-0.25, -0.2) is 0 Å². The van der Waals surface area contributed by atoms with Crippen molar-refractivity contribution in [3.63, 3.8) is 0 Å². The van der Waals surface area contributed by atoms with Crippen molar-refractivity contribution in [1.29, 1.82) is 0 Å². The Morgan fingerprint density at radius 2 is 1.00 bits per heavy atom. The first kappa shape index (κ1) is 26.5. The lowest BCUT2D eigenvalue weighted by molar-refractivity contribution is 0.351. The summed E-state index contributed by atoms with van der Waals surface area (Å²) in [5.74, 6) is 0. The predicted octanol–water partition coefficient (Wildman–Crippen LogP) is 6.56. The normalized spacial score (nSPS) is 16.2. The highest BCUT2D eigenvalue weighted by Gasteiger charge is 2.37. The van der Waals surface area contributed by atoms with E-state index in [1.54, 1.807) is 0 Å². The highest BCUT2D eigenvalue weighted by Crippen LogP contribution is 2.32. The molecule has 0 saturated heterocycles. The van der Waals surface area contributed by atoms with E-state index < -0.39 is 24.9 Å². The van der Waals surface area contributed by atoms with Gasteiger partial charge in [-0.1, -0.05) is 34.6 Å². The second-order valence-electron chi connectivity index (χ2n) is 9.27. The lowest BCUT2D eigenvalue weighted by Gasteiger charge is -2.43. The van der Waals surface area contributed by atoms with E-state index >= 15 is 0 Å². The Hall–Kier alpha value is 0.531. The second-order valence-corrected chi connectivity index (χ2v) is 23.7. The van der Waals surface area contributed by atoms with Crippen molar-refractivity contribution in [2.45, 2.75) is 103 Å². The average molecular weight is 420 g/mol. The average Bonchev–Trinajstić information content (AvgIpc) is 2.63. The molecule has 26 heavy (non-hydrogen) atoms. The molecule has 0 fully saturated rings. The third-order valence-corrected chi connectivity index (χ3v) is 20.9. The summed E-state index contributed by atoms with van der Waals surface area (Å²) in [6, 6.07) is 4.12. The van der Waals surface area contributed by atoms with E-state index in [4.69, 9.17) is 8.85 Å². The van der Waals surface area contributed by atoms with Gasteiger partial charge in [0.2, 0.25) is 0 Å². The minimum atomic E-state index is -1.54. The maximum absolute atomic E-state index is 5.87. The van der Waals surface area contributed by atoms with Crippen molar-refractivity contribution >= 4 is 24.9 Å².